The highest BCUT2D eigenvalue weighted by Gasteiger charge is 2.41. The first-order valence-corrected chi connectivity index (χ1v) is 19.1. The Bertz CT molecular complexity index is 1240. The van der Waals surface area contributed by atoms with Crippen molar-refractivity contribution < 1.29 is 19.1 Å². The number of nitrogens with zero attached hydrogens (tertiary/aromatic N) is 4. The van der Waals surface area contributed by atoms with E-state index in [0.29, 0.717) is 54.7 Å². The number of Topliss-reactive ketones (excluding diaryl/α,β-unsaturated/α-hetero) is 1. The third kappa shape index (κ3) is 7.44. The number of alkyl carbamates (subject to hydrolysis) is 1. The highest BCUT2D eigenvalue weighted by molar-refractivity contribution is 6.76. The topological polar surface area (TPSA) is 88.9 Å². The summed E-state index contributed by atoms with van der Waals surface area (Å²) in [6.45, 7) is 18.3. The Morgan fingerprint density at radius 1 is 1.20 bits per heavy atom. The summed E-state index contributed by atoms with van der Waals surface area (Å²) in [5, 5.41) is 3.54. The standard InChI is InChI=1S/C30H48ClN5O4Si/c1-8-34-13-14-35(21(2)19-34)25-18-26-24(17-23(25)31)33-28(36(26)20-40-15-16-41(5,6)7)27(37)30(3)11-9-22(10-12-30)32-29(38)39-4/h17-18,21-22H,8-16,19-20H2,1-7H3,(H,32,38). The quantitative estimate of drug-likeness (QED) is 0.201. The van der Waals surface area contributed by atoms with Gasteiger partial charge in [0.05, 0.1) is 28.9 Å². The smallest absolute Gasteiger partial charge is 0.407 e. The molecule has 1 aromatic heterocycles. The number of piperazine rings is 1. The van der Waals surface area contributed by atoms with E-state index in [0.717, 1.165) is 43.4 Å². The summed E-state index contributed by atoms with van der Waals surface area (Å²) >= 11 is 6.88. The van der Waals surface area contributed by atoms with Crippen LogP contribution in [0.2, 0.25) is 30.7 Å². The molecular formula is C30H48ClN5O4Si. The molecule has 1 unspecified atom stereocenters. The first-order chi connectivity index (χ1) is 19.3. The summed E-state index contributed by atoms with van der Waals surface area (Å²) in [5.41, 5.74) is 1.98. The summed E-state index contributed by atoms with van der Waals surface area (Å²) in [5.74, 6) is 0.438. The molecule has 2 aliphatic rings. The van der Waals surface area contributed by atoms with Crippen LogP contribution in [-0.4, -0.2) is 86.4 Å². The molecule has 1 saturated heterocycles. The largest absolute Gasteiger partial charge is 0.453 e. The zero-order chi connectivity index (χ0) is 29.9. The van der Waals surface area contributed by atoms with Crippen LogP contribution in [0.3, 0.4) is 0 Å². The third-order valence-electron chi connectivity index (χ3n) is 8.85. The number of amides is 1. The number of carbonyl (C=O) groups excluding carboxylic acids is 2. The van der Waals surface area contributed by atoms with Gasteiger partial charge in [0.15, 0.2) is 5.82 Å². The second-order valence-corrected chi connectivity index (χ2v) is 19.3. The second kappa shape index (κ2) is 13.0. The predicted molar refractivity (Wildman–Crippen MR) is 168 cm³/mol. The van der Waals surface area contributed by atoms with Gasteiger partial charge in [-0.05, 0) is 57.3 Å². The Balaban J connectivity index is 1.65. The summed E-state index contributed by atoms with van der Waals surface area (Å²) < 4.78 is 12.9. The maximum Gasteiger partial charge on any atom is 0.407 e. The first-order valence-electron chi connectivity index (χ1n) is 15.0. The van der Waals surface area contributed by atoms with E-state index >= 15 is 0 Å². The van der Waals surface area contributed by atoms with Crippen LogP contribution < -0.4 is 10.2 Å². The SMILES string of the molecule is CCN1CCN(c2cc3c(cc2Cl)nc(C(=O)C2(C)CCC(NC(=O)OC)CC2)n3COCC[Si](C)(C)C)C(C)C1. The van der Waals surface area contributed by atoms with Crippen LogP contribution in [0.4, 0.5) is 10.5 Å². The van der Waals surface area contributed by atoms with Gasteiger partial charge in [0.1, 0.15) is 6.73 Å². The molecule has 1 aliphatic heterocycles. The number of methoxy groups -OCH3 is 1. The van der Waals surface area contributed by atoms with E-state index in [2.05, 4.69) is 54.7 Å². The molecule has 2 aromatic rings. The molecule has 0 spiro atoms. The van der Waals surface area contributed by atoms with E-state index in [9.17, 15) is 9.59 Å². The Morgan fingerprint density at radius 2 is 1.90 bits per heavy atom. The van der Waals surface area contributed by atoms with Crippen molar-refractivity contribution in [3.63, 3.8) is 0 Å². The van der Waals surface area contributed by atoms with Crippen molar-refractivity contribution in [3.05, 3.63) is 23.0 Å². The molecule has 228 valence electrons. The van der Waals surface area contributed by atoms with Gasteiger partial charge in [0, 0.05) is 51.8 Å². The highest BCUT2D eigenvalue weighted by Crippen LogP contribution is 2.40. The number of halogens is 1. The van der Waals surface area contributed by atoms with Crippen molar-refractivity contribution in [2.75, 3.05) is 44.8 Å². The van der Waals surface area contributed by atoms with Crippen LogP contribution in [0.1, 0.15) is 57.1 Å². The summed E-state index contributed by atoms with van der Waals surface area (Å²) in [7, 11) is 0.0988. The molecule has 1 aliphatic carbocycles. The van der Waals surface area contributed by atoms with Crippen molar-refractivity contribution in [2.24, 2.45) is 5.41 Å². The highest BCUT2D eigenvalue weighted by atomic mass is 35.5. The molecule has 1 N–H and O–H groups in total. The number of anilines is 1. The normalized spacial score (nSPS) is 24.0. The number of nitrogens with one attached hydrogen (secondary N) is 1. The van der Waals surface area contributed by atoms with E-state index in [4.69, 9.17) is 26.1 Å². The molecule has 2 heterocycles. The molecule has 2 fully saturated rings. The lowest BCUT2D eigenvalue weighted by Gasteiger charge is -2.41. The fourth-order valence-electron chi connectivity index (χ4n) is 5.99. The number of benzene rings is 1. The molecular weight excluding hydrogens is 558 g/mol. The van der Waals surface area contributed by atoms with Gasteiger partial charge in [-0.3, -0.25) is 14.3 Å². The number of aromatic nitrogens is 2. The van der Waals surface area contributed by atoms with Crippen LogP contribution in [0.15, 0.2) is 12.1 Å². The minimum atomic E-state index is -1.27. The number of hydrogen-bond donors (Lipinski definition) is 1. The summed E-state index contributed by atoms with van der Waals surface area (Å²) in [4.78, 5) is 35.6. The fourth-order valence-corrected chi connectivity index (χ4v) is 7.02. The fraction of sp³-hybridized carbons (Fsp3) is 0.700. The van der Waals surface area contributed by atoms with Gasteiger partial charge < -0.3 is 19.7 Å². The lowest BCUT2D eigenvalue weighted by atomic mass is 9.71. The van der Waals surface area contributed by atoms with Gasteiger partial charge in [0.25, 0.3) is 0 Å². The van der Waals surface area contributed by atoms with E-state index < -0.39 is 19.6 Å². The van der Waals surface area contributed by atoms with Gasteiger partial charge in [-0.25, -0.2) is 9.78 Å². The maximum absolute atomic E-state index is 14.2. The van der Waals surface area contributed by atoms with Crippen LogP contribution in [0.5, 0.6) is 0 Å². The van der Waals surface area contributed by atoms with Gasteiger partial charge in [-0.15, -0.1) is 0 Å². The molecule has 11 heteroatoms. The monoisotopic (exact) mass is 605 g/mol. The Hall–Kier alpha value is -2.14. The number of ether oxygens (including phenoxy) is 2. The minimum absolute atomic E-state index is 0.00331. The average Bonchev–Trinajstić information content (AvgIpc) is 3.27. The summed E-state index contributed by atoms with van der Waals surface area (Å²) in [6, 6.07) is 5.37. The number of rotatable bonds is 10. The average molecular weight is 606 g/mol. The van der Waals surface area contributed by atoms with Crippen LogP contribution in [0.25, 0.3) is 11.0 Å². The van der Waals surface area contributed by atoms with Crippen molar-refractivity contribution >= 4 is 48.3 Å². The Morgan fingerprint density at radius 3 is 2.51 bits per heavy atom. The summed E-state index contributed by atoms with van der Waals surface area (Å²) in [6.07, 6.45) is 2.31. The lowest BCUT2D eigenvalue weighted by Crippen LogP contribution is -2.51. The minimum Gasteiger partial charge on any atom is -0.453 e. The first kappa shape index (κ1) is 31.8. The predicted octanol–water partition coefficient (Wildman–Crippen LogP) is 6.02. The molecule has 0 radical (unpaired) electrons. The van der Waals surface area contributed by atoms with Crippen LogP contribution in [-0.2, 0) is 16.2 Å². The third-order valence-corrected chi connectivity index (χ3v) is 10.9. The molecule has 1 atom stereocenters. The molecule has 1 aromatic carbocycles. The second-order valence-electron chi connectivity index (χ2n) is 13.2. The van der Waals surface area contributed by atoms with E-state index in [1.54, 1.807) is 0 Å². The van der Waals surface area contributed by atoms with E-state index in [-0.39, 0.29) is 18.6 Å². The van der Waals surface area contributed by atoms with Crippen molar-refractivity contribution in [2.45, 2.75) is 91.0 Å². The Labute approximate surface area is 250 Å². The van der Waals surface area contributed by atoms with Gasteiger partial charge >= 0.3 is 6.09 Å². The Kier molecular flexibility index (Phi) is 10.1. The van der Waals surface area contributed by atoms with E-state index in [1.165, 1.54) is 7.11 Å². The van der Waals surface area contributed by atoms with Crippen molar-refractivity contribution in [1.82, 2.24) is 19.8 Å². The molecule has 9 nitrogen and oxygen atoms in total. The molecule has 0 bridgehead atoms. The number of fused-ring (bicyclic) bond motifs is 1. The molecule has 4 rings (SSSR count). The van der Waals surface area contributed by atoms with E-state index in [1.807, 2.05) is 17.6 Å². The van der Waals surface area contributed by atoms with Crippen molar-refractivity contribution in [3.8, 4) is 0 Å². The number of carbonyl (C=O) groups is 2. The number of imidazole rings is 1. The number of ketones is 1. The zero-order valence-corrected chi connectivity index (χ0v) is 27.6. The molecule has 1 amide bonds. The van der Waals surface area contributed by atoms with Crippen molar-refractivity contribution in [1.29, 1.82) is 0 Å². The number of hydrogen-bond acceptors (Lipinski definition) is 7. The number of likely N-dealkylation sites (N-methyl/N-ethyl adjacent to an activating group) is 1. The molecule has 41 heavy (non-hydrogen) atoms. The lowest BCUT2D eigenvalue weighted by molar-refractivity contribution is 0.0651. The molecule has 1 saturated carbocycles. The van der Waals surface area contributed by atoms with Gasteiger partial charge in [0.2, 0.25) is 5.78 Å². The van der Waals surface area contributed by atoms with Gasteiger partial charge in [-0.2, -0.15) is 0 Å². The zero-order valence-electron chi connectivity index (χ0n) is 25.9. The van der Waals surface area contributed by atoms with Crippen LogP contribution in [0, 0.1) is 5.41 Å². The van der Waals surface area contributed by atoms with Gasteiger partial charge in [-0.1, -0.05) is 45.1 Å². The van der Waals surface area contributed by atoms with Crippen LogP contribution >= 0.6 is 11.6 Å². The maximum atomic E-state index is 14.2.